The van der Waals surface area contributed by atoms with Crippen molar-refractivity contribution in [2.24, 2.45) is 7.05 Å². The van der Waals surface area contributed by atoms with Crippen LogP contribution in [0.4, 0.5) is 17.5 Å². The first-order valence-electron chi connectivity index (χ1n) is 10.9. The molecule has 0 spiro atoms. The molecule has 0 bridgehead atoms. The van der Waals surface area contributed by atoms with Gasteiger partial charge in [-0.1, -0.05) is 0 Å². The van der Waals surface area contributed by atoms with Crippen molar-refractivity contribution in [3.8, 4) is 11.5 Å². The summed E-state index contributed by atoms with van der Waals surface area (Å²) in [5.74, 6) is 2.65. The number of hydrogen-bond acceptors (Lipinski definition) is 9. The van der Waals surface area contributed by atoms with E-state index < -0.39 is 0 Å². The summed E-state index contributed by atoms with van der Waals surface area (Å²) < 4.78 is 13.3. The second kappa shape index (κ2) is 8.23. The maximum Gasteiger partial charge on any atom is 0.223 e. The molecule has 0 unspecified atom stereocenters. The van der Waals surface area contributed by atoms with Crippen molar-refractivity contribution in [2.75, 3.05) is 23.8 Å². The van der Waals surface area contributed by atoms with Crippen LogP contribution in [0.2, 0.25) is 0 Å². The molecule has 1 aliphatic heterocycles. The Morgan fingerprint density at radius 3 is 2.76 bits per heavy atom. The molecule has 0 radical (unpaired) electrons. The Morgan fingerprint density at radius 2 is 1.94 bits per heavy atom. The summed E-state index contributed by atoms with van der Waals surface area (Å²) in [6, 6.07) is 12.0. The number of aryl methyl sites for hydroxylation is 2. The van der Waals surface area contributed by atoms with Gasteiger partial charge >= 0.3 is 0 Å². The standard InChI is InChI=1S/C24H22N8O2/c1-14-7-15(3-6-21(14)34-17-4-5-20-18(8-17)28-13-32(20)2)29-23-22-19(26-12-27-23)9-25-24(31-22)30-16-10-33-11-16/h3-9,12-13,16H,10-11H2,1-2H3,(H,25,30,31)(H,26,27,29). The minimum absolute atomic E-state index is 0.229. The van der Waals surface area contributed by atoms with Crippen LogP contribution >= 0.6 is 0 Å². The fourth-order valence-corrected chi connectivity index (χ4v) is 3.80. The zero-order valence-electron chi connectivity index (χ0n) is 18.7. The number of fused-ring (bicyclic) bond motifs is 2. The van der Waals surface area contributed by atoms with E-state index in [-0.39, 0.29) is 6.04 Å². The average molecular weight is 454 g/mol. The number of rotatable bonds is 6. The van der Waals surface area contributed by atoms with Crippen LogP contribution in [0.5, 0.6) is 11.5 Å². The van der Waals surface area contributed by atoms with Crippen molar-refractivity contribution in [2.45, 2.75) is 13.0 Å². The van der Waals surface area contributed by atoms with Gasteiger partial charge in [0.05, 0.1) is 42.8 Å². The minimum atomic E-state index is 0.229. The highest BCUT2D eigenvalue weighted by Gasteiger charge is 2.19. The summed E-state index contributed by atoms with van der Waals surface area (Å²) in [6.07, 6.45) is 4.99. The van der Waals surface area contributed by atoms with Crippen LogP contribution in [0.3, 0.4) is 0 Å². The van der Waals surface area contributed by atoms with Crippen LogP contribution < -0.4 is 15.4 Å². The van der Waals surface area contributed by atoms with E-state index in [1.54, 1.807) is 12.5 Å². The number of anilines is 3. The van der Waals surface area contributed by atoms with Gasteiger partial charge in [0, 0.05) is 18.8 Å². The van der Waals surface area contributed by atoms with Gasteiger partial charge in [0.2, 0.25) is 5.95 Å². The molecule has 1 fully saturated rings. The van der Waals surface area contributed by atoms with Crippen LogP contribution in [0.15, 0.2) is 55.2 Å². The van der Waals surface area contributed by atoms with Crippen molar-refractivity contribution in [3.63, 3.8) is 0 Å². The zero-order chi connectivity index (χ0) is 23.1. The summed E-state index contributed by atoms with van der Waals surface area (Å²) in [6.45, 7) is 3.31. The van der Waals surface area contributed by atoms with Gasteiger partial charge in [0.25, 0.3) is 0 Å². The number of ether oxygens (including phenoxy) is 2. The number of nitrogens with one attached hydrogen (secondary N) is 2. The Labute approximate surface area is 195 Å². The Bertz CT molecular complexity index is 1510. The van der Waals surface area contributed by atoms with Gasteiger partial charge in [0.15, 0.2) is 5.82 Å². The quantitative estimate of drug-likeness (QED) is 0.394. The lowest BCUT2D eigenvalue weighted by molar-refractivity contribution is 0.0208. The number of benzene rings is 2. The Kier molecular flexibility index (Phi) is 4.92. The number of nitrogens with zero attached hydrogens (tertiary/aromatic N) is 6. The lowest BCUT2D eigenvalue weighted by atomic mass is 10.2. The van der Waals surface area contributed by atoms with E-state index >= 15 is 0 Å². The molecule has 6 rings (SSSR count). The molecule has 4 heterocycles. The highest BCUT2D eigenvalue weighted by Crippen LogP contribution is 2.30. The lowest BCUT2D eigenvalue weighted by Gasteiger charge is -2.26. The van der Waals surface area contributed by atoms with Crippen molar-refractivity contribution < 1.29 is 9.47 Å². The minimum Gasteiger partial charge on any atom is -0.457 e. The van der Waals surface area contributed by atoms with Crippen LogP contribution in [0, 0.1) is 6.92 Å². The van der Waals surface area contributed by atoms with E-state index in [9.17, 15) is 0 Å². The highest BCUT2D eigenvalue weighted by atomic mass is 16.5. The van der Waals surface area contributed by atoms with Gasteiger partial charge in [-0.05, 0) is 42.8 Å². The van der Waals surface area contributed by atoms with Crippen LogP contribution in [-0.4, -0.2) is 48.7 Å². The molecule has 2 aromatic carbocycles. The number of hydrogen-bond donors (Lipinski definition) is 2. The molecule has 34 heavy (non-hydrogen) atoms. The zero-order valence-corrected chi connectivity index (χ0v) is 18.7. The number of aromatic nitrogens is 6. The van der Waals surface area contributed by atoms with E-state index in [0.29, 0.717) is 36.0 Å². The van der Waals surface area contributed by atoms with Gasteiger partial charge in [-0.15, -0.1) is 0 Å². The molecule has 0 atom stereocenters. The van der Waals surface area contributed by atoms with E-state index in [1.807, 2.05) is 54.9 Å². The van der Waals surface area contributed by atoms with Gasteiger partial charge in [-0.2, -0.15) is 0 Å². The first kappa shape index (κ1) is 20.3. The maximum atomic E-state index is 6.13. The van der Waals surface area contributed by atoms with Crippen LogP contribution in [0.1, 0.15) is 5.56 Å². The molecular formula is C24H22N8O2. The third-order valence-electron chi connectivity index (χ3n) is 5.71. The van der Waals surface area contributed by atoms with Crippen molar-refractivity contribution >= 4 is 39.5 Å². The monoisotopic (exact) mass is 454 g/mol. The lowest BCUT2D eigenvalue weighted by Crippen LogP contribution is -2.40. The average Bonchev–Trinajstić information content (AvgIpc) is 3.18. The summed E-state index contributed by atoms with van der Waals surface area (Å²) in [5, 5.41) is 6.61. The first-order valence-corrected chi connectivity index (χ1v) is 10.9. The normalized spacial score (nSPS) is 13.7. The topological polar surface area (TPSA) is 112 Å². The van der Waals surface area contributed by atoms with Gasteiger partial charge in [-0.25, -0.2) is 24.9 Å². The summed E-state index contributed by atoms with van der Waals surface area (Å²) in [7, 11) is 1.97. The molecule has 5 aromatic rings. The second-order valence-corrected chi connectivity index (χ2v) is 8.24. The first-order chi connectivity index (χ1) is 16.6. The predicted molar refractivity (Wildman–Crippen MR) is 129 cm³/mol. The smallest absolute Gasteiger partial charge is 0.223 e. The molecule has 10 heteroatoms. The van der Waals surface area contributed by atoms with Crippen LogP contribution in [0.25, 0.3) is 22.1 Å². The molecule has 10 nitrogen and oxygen atoms in total. The number of imidazole rings is 1. The van der Waals surface area contributed by atoms with Crippen molar-refractivity contribution in [1.82, 2.24) is 29.5 Å². The van der Waals surface area contributed by atoms with E-state index in [4.69, 9.17) is 9.47 Å². The van der Waals surface area contributed by atoms with Crippen molar-refractivity contribution in [3.05, 3.63) is 60.8 Å². The third-order valence-corrected chi connectivity index (χ3v) is 5.71. The maximum absolute atomic E-state index is 6.13. The molecule has 1 aliphatic rings. The van der Waals surface area contributed by atoms with E-state index in [1.165, 1.54) is 6.33 Å². The third kappa shape index (κ3) is 3.84. The van der Waals surface area contributed by atoms with Gasteiger partial charge < -0.3 is 24.7 Å². The largest absolute Gasteiger partial charge is 0.457 e. The SMILES string of the molecule is Cc1cc(Nc2ncnc3cnc(NC4COC4)nc23)ccc1Oc1ccc2c(c1)ncn2C. The Balaban J connectivity index is 1.24. The van der Waals surface area contributed by atoms with Gasteiger partial charge in [0.1, 0.15) is 28.9 Å². The molecule has 0 aliphatic carbocycles. The molecule has 2 N–H and O–H groups in total. The Hall–Kier alpha value is -4.31. The molecular weight excluding hydrogens is 432 g/mol. The van der Waals surface area contributed by atoms with E-state index in [2.05, 4.69) is 35.6 Å². The summed E-state index contributed by atoms with van der Waals surface area (Å²) in [4.78, 5) is 22.0. The Morgan fingerprint density at radius 1 is 1.03 bits per heavy atom. The predicted octanol–water partition coefficient (Wildman–Crippen LogP) is 3.96. The summed E-state index contributed by atoms with van der Waals surface area (Å²) >= 11 is 0. The molecule has 0 amide bonds. The van der Waals surface area contributed by atoms with Gasteiger partial charge in [-0.3, -0.25) is 0 Å². The molecule has 1 saturated heterocycles. The fraction of sp³-hybridized carbons (Fsp3) is 0.208. The molecule has 0 saturated carbocycles. The summed E-state index contributed by atoms with van der Waals surface area (Å²) in [5.41, 5.74) is 5.10. The van der Waals surface area contributed by atoms with E-state index in [0.717, 1.165) is 33.8 Å². The fourth-order valence-electron chi connectivity index (χ4n) is 3.80. The second-order valence-electron chi connectivity index (χ2n) is 8.24. The van der Waals surface area contributed by atoms with Crippen LogP contribution in [-0.2, 0) is 11.8 Å². The highest BCUT2D eigenvalue weighted by molar-refractivity contribution is 5.87. The molecule has 170 valence electrons. The van der Waals surface area contributed by atoms with Crippen molar-refractivity contribution in [1.29, 1.82) is 0 Å². The molecule has 3 aromatic heterocycles.